The minimum absolute atomic E-state index is 0.0434. The second-order valence-corrected chi connectivity index (χ2v) is 8.06. The normalized spacial score (nSPS) is 11.8. The fourth-order valence-electron chi connectivity index (χ4n) is 3.43. The zero-order chi connectivity index (χ0) is 17.9. The van der Waals surface area contributed by atoms with Crippen LogP contribution in [0.1, 0.15) is 69.2 Å². The molecular weight excluding hydrogens is 292 g/mol. The van der Waals surface area contributed by atoms with Crippen molar-refractivity contribution in [3.63, 3.8) is 0 Å². The molecule has 0 bridgehead atoms. The van der Waals surface area contributed by atoms with Crippen LogP contribution in [0.3, 0.4) is 0 Å². The molecule has 0 heterocycles. The van der Waals surface area contributed by atoms with Crippen LogP contribution < -0.4 is 0 Å². The lowest BCUT2D eigenvalue weighted by Crippen LogP contribution is -2.13. The monoisotopic (exact) mass is 324 g/mol. The molecule has 24 heavy (non-hydrogen) atoms. The zero-order valence-electron chi connectivity index (χ0n) is 16.2. The van der Waals surface area contributed by atoms with Gasteiger partial charge in [-0.15, -0.1) is 0 Å². The molecule has 0 saturated heterocycles. The number of hydrogen-bond acceptors (Lipinski definition) is 1. The molecule has 1 N–H and O–H groups in total. The van der Waals surface area contributed by atoms with Crippen molar-refractivity contribution in [2.24, 2.45) is 0 Å². The third-order valence-corrected chi connectivity index (χ3v) is 4.70. The summed E-state index contributed by atoms with van der Waals surface area (Å²) < 4.78 is 0. The van der Waals surface area contributed by atoms with Gasteiger partial charge in [0.25, 0.3) is 0 Å². The molecule has 0 radical (unpaired) electrons. The highest BCUT2D eigenvalue weighted by Crippen LogP contribution is 2.40. The van der Waals surface area contributed by atoms with Crippen LogP contribution in [0.15, 0.2) is 30.3 Å². The summed E-state index contributed by atoms with van der Waals surface area (Å²) in [5.41, 5.74) is 7.11. The first-order valence-electron chi connectivity index (χ1n) is 9.18. The molecule has 0 aliphatic carbocycles. The Kier molecular flexibility index (Phi) is 5.74. The summed E-state index contributed by atoms with van der Waals surface area (Å²) in [6.45, 7) is 13.1. The van der Waals surface area contributed by atoms with E-state index in [1.807, 2.05) is 6.07 Å². The van der Waals surface area contributed by atoms with Gasteiger partial charge in [0.15, 0.2) is 0 Å². The van der Waals surface area contributed by atoms with Crippen molar-refractivity contribution in [2.45, 2.75) is 72.6 Å². The number of unbranched alkanes of at least 4 members (excludes halogenated alkanes) is 2. The van der Waals surface area contributed by atoms with Crippen molar-refractivity contribution >= 4 is 0 Å². The van der Waals surface area contributed by atoms with Crippen molar-refractivity contribution in [3.8, 4) is 16.9 Å². The predicted octanol–water partition coefficient (Wildman–Crippen LogP) is 6.71. The number of benzene rings is 2. The fraction of sp³-hybridized carbons (Fsp3) is 0.478. The van der Waals surface area contributed by atoms with Crippen LogP contribution in [0, 0.1) is 13.8 Å². The predicted molar refractivity (Wildman–Crippen MR) is 105 cm³/mol. The quantitative estimate of drug-likeness (QED) is 0.606. The van der Waals surface area contributed by atoms with Gasteiger partial charge in [-0.1, -0.05) is 70.4 Å². The van der Waals surface area contributed by atoms with Crippen LogP contribution >= 0.6 is 0 Å². The van der Waals surface area contributed by atoms with Crippen molar-refractivity contribution in [2.75, 3.05) is 0 Å². The molecule has 0 saturated carbocycles. The molecule has 0 spiro atoms. The lowest BCUT2D eigenvalue weighted by molar-refractivity contribution is 0.475. The summed E-state index contributed by atoms with van der Waals surface area (Å²) in [5.74, 6) is 0.414. The molecule has 0 aliphatic heterocycles. The summed E-state index contributed by atoms with van der Waals surface area (Å²) in [6, 6.07) is 10.8. The molecule has 0 aromatic heterocycles. The number of aryl methyl sites for hydroxylation is 3. The highest BCUT2D eigenvalue weighted by Gasteiger charge is 2.21. The first-order valence-corrected chi connectivity index (χ1v) is 9.18. The molecule has 0 atom stereocenters. The number of phenolic OH excluding ortho intramolecular Hbond substituents is 1. The number of rotatable bonds is 5. The molecule has 1 nitrogen and oxygen atoms in total. The van der Waals surface area contributed by atoms with Gasteiger partial charge in [-0.25, -0.2) is 0 Å². The maximum atomic E-state index is 10.8. The second kappa shape index (κ2) is 7.42. The molecule has 1 heteroatoms. The summed E-state index contributed by atoms with van der Waals surface area (Å²) in [6.07, 6.45) is 4.70. The third kappa shape index (κ3) is 4.20. The SMILES string of the molecule is CCCCCc1cc(C)c(-c2cc(C)ccc2C(C)(C)C)c(O)c1. The largest absolute Gasteiger partial charge is 0.507 e. The van der Waals surface area contributed by atoms with E-state index in [1.54, 1.807) is 0 Å². The molecule has 2 aromatic carbocycles. The van der Waals surface area contributed by atoms with E-state index in [4.69, 9.17) is 0 Å². The molecular formula is C23H32O. The number of hydrogen-bond donors (Lipinski definition) is 1. The molecule has 2 aromatic rings. The second-order valence-electron chi connectivity index (χ2n) is 8.06. The number of aromatic hydroxyl groups is 1. The fourth-order valence-corrected chi connectivity index (χ4v) is 3.43. The summed E-state index contributed by atoms with van der Waals surface area (Å²) in [5, 5.41) is 10.8. The minimum Gasteiger partial charge on any atom is -0.507 e. The van der Waals surface area contributed by atoms with Crippen molar-refractivity contribution < 1.29 is 5.11 Å². The summed E-state index contributed by atoms with van der Waals surface area (Å²) in [4.78, 5) is 0. The first kappa shape index (κ1) is 18.6. The smallest absolute Gasteiger partial charge is 0.123 e. The molecule has 2 rings (SSSR count). The van der Waals surface area contributed by atoms with Crippen molar-refractivity contribution in [3.05, 3.63) is 52.6 Å². The zero-order valence-corrected chi connectivity index (χ0v) is 16.2. The lowest BCUT2D eigenvalue weighted by Gasteiger charge is -2.25. The Hall–Kier alpha value is -1.76. The van der Waals surface area contributed by atoms with Crippen LogP contribution in [0.25, 0.3) is 11.1 Å². The van der Waals surface area contributed by atoms with Gasteiger partial charge < -0.3 is 5.11 Å². The van der Waals surface area contributed by atoms with Crippen LogP contribution in [-0.2, 0) is 11.8 Å². The van der Waals surface area contributed by atoms with Crippen LogP contribution in [-0.4, -0.2) is 5.11 Å². The number of phenols is 1. The third-order valence-electron chi connectivity index (χ3n) is 4.70. The Morgan fingerprint density at radius 3 is 2.25 bits per heavy atom. The topological polar surface area (TPSA) is 20.2 Å². The Morgan fingerprint density at radius 1 is 0.958 bits per heavy atom. The Bertz CT molecular complexity index is 681. The van der Waals surface area contributed by atoms with Crippen molar-refractivity contribution in [1.29, 1.82) is 0 Å². The van der Waals surface area contributed by atoms with Gasteiger partial charge >= 0.3 is 0 Å². The van der Waals surface area contributed by atoms with Gasteiger partial charge in [-0.3, -0.25) is 0 Å². The standard InChI is InChI=1S/C23H32O/c1-7-8-9-10-18-14-17(3)22(21(24)15-18)19-13-16(2)11-12-20(19)23(4,5)6/h11-15,24H,7-10H2,1-6H3. The maximum absolute atomic E-state index is 10.8. The van der Waals surface area contributed by atoms with E-state index in [0.29, 0.717) is 5.75 Å². The molecule has 130 valence electrons. The van der Waals surface area contributed by atoms with Gasteiger partial charge in [-0.05, 0) is 60.4 Å². The van der Waals surface area contributed by atoms with Gasteiger partial charge in [0.2, 0.25) is 0 Å². The van der Waals surface area contributed by atoms with Crippen LogP contribution in [0.4, 0.5) is 0 Å². The lowest BCUT2D eigenvalue weighted by atomic mass is 9.80. The van der Waals surface area contributed by atoms with E-state index in [1.165, 1.54) is 36.0 Å². The van der Waals surface area contributed by atoms with Gasteiger partial charge in [-0.2, -0.15) is 0 Å². The Morgan fingerprint density at radius 2 is 1.67 bits per heavy atom. The average molecular weight is 325 g/mol. The van der Waals surface area contributed by atoms with Gasteiger partial charge in [0.05, 0.1) is 0 Å². The summed E-state index contributed by atoms with van der Waals surface area (Å²) >= 11 is 0. The van der Waals surface area contributed by atoms with E-state index in [0.717, 1.165) is 23.1 Å². The molecule has 0 unspecified atom stereocenters. The van der Waals surface area contributed by atoms with E-state index in [9.17, 15) is 5.11 Å². The van der Waals surface area contributed by atoms with Crippen LogP contribution in [0.5, 0.6) is 5.75 Å². The van der Waals surface area contributed by atoms with E-state index < -0.39 is 0 Å². The van der Waals surface area contributed by atoms with E-state index in [2.05, 4.69) is 65.8 Å². The molecule has 0 aliphatic rings. The Balaban J connectivity index is 2.52. The molecule has 0 fully saturated rings. The van der Waals surface area contributed by atoms with E-state index in [-0.39, 0.29) is 5.41 Å². The Labute approximate surface area is 147 Å². The highest BCUT2D eigenvalue weighted by molar-refractivity contribution is 5.78. The van der Waals surface area contributed by atoms with E-state index >= 15 is 0 Å². The first-order chi connectivity index (χ1) is 11.2. The van der Waals surface area contributed by atoms with Gasteiger partial charge in [0, 0.05) is 5.56 Å². The van der Waals surface area contributed by atoms with Gasteiger partial charge in [0.1, 0.15) is 5.75 Å². The van der Waals surface area contributed by atoms with Crippen molar-refractivity contribution in [1.82, 2.24) is 0 Å². The minimum atomic E-state index is 0.0434. The molecule has 0 amide bonds. The van der Waals surface area contributed by atoms with Crippen LogP contribution in [0.2, 0.25) is 0 Å². The summed E-state index contributed by atoms with van der Waals surface area (Å²) in [7, 11) is 0. The maximum Gasteiger partial charge on any atom is 0.123 e. The average Bonchev–Trinajstić information content (AvgIpc) is 2.45. The highest BCUT2D eigenvalue weighted by atomic mass is 16.3.